The molecule has 2 aliphatic rings. The maximum atomic E-state index is 11.9. The van der Waals surface area contributed by atoms with Crippen LogP contribution in [0, 0.1) is 0 Å². The fraction of sp³-hybridized carbons (Fsp3) is 0.348. The Bertz CT molecular complexity index is 875. The van der Waals surface area contributed by atoms with Crippen LogP contribution in [0.5, 0.6) is 11.5 Å². The summed E-state index contributed by atoms with van der Waals surface area (Å²) in [6.07, 6.45) is 5.29. The molecule has 0 unspecified atom stereocenters. The number of carbonyl (C=O) groups is 1. The van der Waals surface area contributed by atoms with Crippen molar-refractivity contribution < 1.29 is 14.3 Å². The molecule has 0 saturated carbocycles. The number of allylic oxidation sites excluding steroid dienone is 1. The van der Waals surface area contributed by atoms with Crippen LogP contribution in [-0.2, 0) is 23.4 Å². The van der Waals surface area contributed by atoms with E-state index in [4.69, 9.17) is 9.47 Å². The Morgan fingerprint density at radius 1 is 1.19 bits per heavy atom. The predicted molar refractivity (Wildman–Crippen MR) is 105 cm³/mol. The number of rotatable bonds is 5. The van der Waals surface area contributed by atoms with Crippen molar-refractivity contribution in [2.24, 2.45) is 0 Å². The lowest BCUT2D eigenvalue weighted by Gasteiger charge is -2.45. The molecule has 4 rings (SSSR count). The van der Waals surface area contributed by atoms with E-state index in [-0.39, 0.29) is 17.2 Å². The first-order valence-electron chi connectivity index (χ1n) is 9.50. The third-order valence-corrected chi connectivity index (χ3v) is 5.85. The van der Waals surface area contributed by atoms with Gasteiger partial charge in [-0.3, -0.25) is 4.79 Å². The van der Waals surface area contributed by atoms with Gasteiger partial charge >= 0.3 is 0 Å². The molecule has 0 amide bonds. The van der Waals surface area contributed by atoms with E-state index in [2.05, 4.69) is 30.4 Å². The molecule has 1 N–H and O–H groups in total. The number of hydrogen-bond donors (Lipinski definition) is 1. The van der Waals surface area contributed by atoms with Crippen LogP contribution in [0.1, 0.15) is 36.5 Å². The molecule has 140 valence electrons. The number of ketones is 1. The summed E-state index contributed by atoms with van der Waals surface area (Å²) in [6.45, 7) is 3.41. The van der Waals surface area contributed by atoms with Crippen molar-refractivity contribution in [2.45, 2.75) is 44.4 Å². The Morgan fingerprint density at radius 3 is 2.74 bits per heavy atom. The molecule has 2 aromatic rings. The van der Waals surface area contributed by atoms with Crippen molar-refractivity contribution >= 4 is 5.78 Å². The number of ether oxygens (including phenoxy) is 2. The maximum absolute atomic E-state index is 11.9. The standard InChI is InChI=1S/C23H25NO3/c1-3-23-10-9-18(25)12-22(23)24-14-17-11-21(20(26-2)13-19(17)23)27-15-16-7-5-4-6-8-16/h4-11,13,22,24H,3,12,14-15H2,1-2H3/t22-,23+/m0/s1. The Morgan fingerprint density at radius 2 is 2.00 bits per heavy atom. The highest BCUT2D eigenvalue weighted by Gasteiger charge is 2.44. The van der Waals surface area contributed by atoms with Gasteiger partial charge in [0.15, 0.2) is 17.3 Å². The molecule has 0 saturated heterocycles. The first-order chi connectivity index (χ1) is 13.2. The molecular formula is C23H25NO3. The molecule has 0 aromatic heterocycles. The molecule has 4 heteroatoms. The first-order valence-corrected chi connectivity index (χ1v) is 9.50. The minimum Gasteiger partial charge on any atom is -0.493 e. The van der Waals surface area contributed by atoms with Gasteiger partial charge in [0.1, 0.15) is 6.61 Å². The highest BCUT2D eigenvalue weighted by Crippen LogP contribution is 2.45. The van der Waals surface area contributed by atoms with Gasteiger partial charge < -0.3 is 14.8 Å². The summed E-state index contributed by atoms with van der Waals surface area (Å²) < 4.78 is 11.7. The summed E-state index contributed by atoms with van der Waals surface area (Å²) >= 11 is 0. The van der Waals surface area contributed by atoms with E-state index in [1.807, 2.05) is 30.3 Å². The zero-order valence-corrected chi connectivity index (χ0v) is 15.8. The molecule has 0 fully saturated rings. The molecule has 0 bridgehead atoms. The van der Waals surface area contributed by atoms with Gasteiger partial charge in [-0.1, -0.05) is 43.3 Å². The second-order valence-corrected chi connectivity index (χ2v) is 7.27. The number of carbonyl (C=O) groups excluding carboxylic acids is 1. The van der Waals surface area contributed by atoms with Gasteiger partial charge in [0.25, 0.3) is 0 Å². The quantitative estimate of drug-likeness (QED) is 0.875. The molecule has 0 spiro atoms. The topological polar surface area (TPSA) is 47.6 Å². The number of nitrogens with one attached hydrogen (secondary N) is 1. The van der Waals surface area contributed by atoms with Gasteiger partial charge in [-0.2, -0.15) is 0 Å². The number of methoxy groups -OCH3 is 1. The Labute approximate surface area is 160 Å². The summed E-state index contributed by atoms with van der Waals surface area (Å²) in [5.41, 5.74) is 3.39. The van der Waals surface area contributed by atoms with Gasteiger partial charge in [-0.05, 0) is 41.3 Å². The zero-order chi connectivity index (χ0) is 18.9. The van der Waals surface area contributed by atoms with Crippen LogP contribution in [-0.4, -0.2) is 18.9 Å². The third-order valence-electron chi connectivity index (χ3n) is 5.85. The fourth-order valence-corrected chi connectivity index (χ4v) is 4.32. The van der Waals surface area contributed by atoms with Crippen molar-refractivity contribution in [2.75, 3.05) is 7.11 Å². The highest BCUT2D eigenvalue weighted by molar-refractivity contribution is 5.92. The van der Waals surface area contributed by atoms with Gasteiger partial charge in [0.05, 0.1) is 7.11 Å². The maximum Gasteiger partial charge on any atom is 0.162 e. The van der Waals surface area contributed by atoms with E-state index in [1.54, 1.807) is 13.2 Å². The zero-order valence-electron chi connectivity index (χ0n) is 15.8. The predicted octanol–water partition coefficient (Wildman–Crippen LogP) is 3.92. The molecule has 1 heterocycles. The van der Waals surface area contributed by atoms with E-state index in [0.717, 1.165) is 30.0 Å². The molecule has 4 nitrogen and oxygen atoms in total. The monoisotopic (exact) mass is 363 g/mol. The van der Waals surface area contributed by atoms with E-state index >= 15 is 0 Å². The van der Waals surface area contributed by atoms with Gasteiger partial charge in [0.2, 0.25) is 0 Å². The second-order valence-electron chi connectivity index (χ2n) is 7.27. The minimum absolute atomic E-state index is 0.133. The van der Waals surface area contributed by atoms with Crippen molar-refractivity contribution in [3.8, 4) is 11.5 Å². The summed E-state index contributed by atoms with van der Waals surface area (Å²) in [5.74, 6) is 1.68. The van der Waals surface area contributed by atoms with Crippen molar-refractivity contribution in [1.29, 1.82) is 0 Å². The van der Waals surface area contributed by atoms with Crippen LogP contribution >= 0.6 is 0 Å². The van der Waals surface area contributed by atoms with E-state index in [9.17, 15) is 4.79 Å². The van der Waals surface area contributed by atoms with Gasteiger partial charge in [-0.25, -0.2) is 0 Å². The minimum atomic E-state index is -0.174. The molecule has 2 atom stereocenters. The summed E-state index contributed by atoms with van der Waals surface area (Å²) in [4.78, 5) is 11.9. The van der Waals surface area contributed by atoms with E-state index in [0.29, 0.717) is 13.0 Å². The number of benzene rings is 2. The number of fused-ring (bicyclic) bond motifs is 3. The first kappa shape index (κ1) is 17.8. The van der Waals surface area contributed by atoms with E-state index in [1.165, 1.54) is 11.1 Å². The molecular weight excluding hydrogens is 338 g/mol. The smallest absolute Gasteiger partial charge is 0.162 e. The summed E-state index contributed by atoms with van der Waals surface area (Å²) in [7, 11) is 1.68. The lowest BCUT2D eigenvalue weighted by atomic mass is 9.64. The van der Waals surface area contributed by atoms with Crippen LogP contribution in [0.25, 0.3) is 0 Å². The van der Waals surface area contributed by atoms with Crippen LogP contribution < -0.4 is 14.8 Å². The fourth-order valence-electron chi connectivity index (χ4n) is 4.32. The third kappa shape index (κ3) is 3.15. The summed E-state index contributed by atoms with van der Waals surface area (Å²) in [5, 5.41) is 3.57. The molecule has 1 aliphatic heterocycles. The molecule has 0 radical (unpaired) electrons. The van der Waals surface area contributed by atoms with Crippen molar-refractivity contribution in [3.05, 3.63) is 71.3 Å². The van der Waals surface area contributed by atoms with Crippen molar-refractivity contribution in [3.63, 3.8) is 0 Å². The summed E-state index contributed by atoms with van der Waals surface area (Å²) in [6, 6.07) is 14.4. The van der Waals surface area contributed by atoms with Gasteiger partial charge in [-0.15, -0.1) is 0 Å². The lowest BCUT2D eigenvalue weighted by molar-refractivity contribution is -0.116. The second kappa shape index (κ2) is 7.20. The number of hydrogen-bond acceptors (Lipinski definition) is 4. The van der Waals surface area contributed by atoms with Crippen LogP contribution in [0.4, 0.5) is 0 Å². The molecule has 1 aliphatic carbocycles. The lowest BCUT2D eigenvalue weighted by Crippen LogP contribution is -2.53. The SMILES string of the molecule is CC[C@]12C=CC(=O)C[C@@H]1NCc1cc(OCc3ccccc3)c(OC)cc12. The largest absolute Gasteiger partial charge is 0.493 e. The van der Waals surface area contributed by atoms with Crippen molar-refractivity contribution in [1.82, 2.24) is 5.32 Å². The molecule has 2 aromatic carbocycles. The normalized spacial score (nSPS) is 23.5. The van der Waals surface area contributed by atoms with Crippen LogP contribution in [0.2, 0.25) is 0 Å². The Hall–Kier alpha value is -2.59. The Kier molecular flexibility index (Phi) is 4.75. The molecule has 27 heavy (non-hydrogen) atoms. The Balaban J connectivity index is 1.70. The van der Waals surface area contributed by atoms with Gasteiger partial charge in [0, 0.05) is 24.4 Å². The highest BCUT2D eigenvalue weighted by atomic mass is 16.5. The van der Waals surface area contributed by atoms with Crippen LogP contribution in [0.15, 0.2) is 54.6 Å². The average Bonchev–Trinajstić information content (AvgIpc) is 2.72. The average molecular weight is 363 g/mol. The van der Waals surface area contributed by atoms with Crippen LogP contribution in [0.3, 0.4) is 0 Å². The van der Waals surface area contributed by atoms with E-state index < -0.39 is 0 Å².